The van der Waals surface area contributed by atoms with Crippen molar-refractivity contribution in [2.45, 2.75) is 70.1 Å². The smallest absolute Gasteiger partial charge is 0.342 e. The van der Waals surface area contributed by atoms with Gasteiger partial charge in [0.1, 0.15) is 18.4 Å². The molecule has 1 aliphatic heterocycles. The molecule has 1 N–H and O–H groups in total. The molecule has 0 aromatic rings. The highest BCUT2D eigenvalue weighted by Crippen LogP contribution is 2.30. The number of nitrogens with zero attached hydrogens (tertiary/aromatic N) is 4. The van der Waals surface area contributed by atoms with Crippen LogP contribution in [0.25, 0.3) is 10.4 Å². The summed E-state index contributed by atoms with van der Waals surface area (Å²) >= 11 is 0. The number of rotatable bonds is 11. The lowest BCUT2D eigenvalue weighted by Gasteiger charge is -2.27. The molecule has 1 rings (SSSR count). The van der Waals surface area contributed by atoms with Gasteiger partial charge in [-0.15, -0.1) is 0 Å². The second-order valence-electron chi connectivity index (χ2n) is 6.15. The van der Waals surface area contributed by atoms with Crippen LogP contribution >= 0.6 is 0 Å². The van der Waals surface area contributed by atoms with Crippen LogP contribution in [0.5, 0.6) is 0 Å². The zero-order valence-corrected chi connectivity index (χ0v) is 14.8. The standard InChI is InChI=1S/C16H27N5O4/c1-3-4-5-6-7-8-14(22)24-12-16(11-19-21-17)10-9-13(25-16)20-15(23)18-2/h13H,2-12H2,1H3,(H,20,23)/t13-,16-/m1/s1. The zero-order chi connectivity index (χ0) is 18.5. The Hall–Kier alpha value is -2.12. The van der Waals surface area contributed by atoms with E-state index in [4.69, 9.17) is 15.0 Å². The van der Waals surface area contributed by atoms with Crippen LogP contribution in [0, 0.1) is 0 Å². The molecule has 25 heavy (non-hydrogen) atoms. The van der Waals surface area contributed by atoms with Crippen LogP contribution in [0.15, 0.2) is 10.1 Å². The summed E-state index contributed by atoms with van der Waals surface area (Å²) in [6.45, 7) is 5.30. The van der Waals surface area contributed by atoms with Gasteiger partial charge in [0, 0.05) is 11.3 Å². The van der Waals surface area contributed by atoms with E-state index in [-0.39, 0.29) is 19.1 Å². The van der Waals surface area contributed by atoms with Crippen molar-refractivity contribution < 1.29 is 19.1 Å². The van der Waals surface area contributed by atoms with Crippen molar-refractivity contribution >= 4 is 18.7 Å². The Kier molecular flexibility index (Phi) is 9.57. The molecule has 2 atom stereocenters. The van der Waals surface area contributed by atoms with Gasteiger partial charge >= 0.3 is 12.0 Å². The second-order valence-corrected chi connectivity index (χ2v) is 6.15. The normalized spacial score (nSPS) is 22.0. The average molecular weight is 353 g/mol. The van der Waals surface area contributed by atoms with Crippen LogP contribution in [0.2, 0.25) is 0 Å². The molecule has 0 aromatic heterocycles. The maximum Gasteiger partial charge on any atom is 0.342 e. The van der Waals surface area contributed by atoms with E-state index in [1.165, 1.54) is 6.42 Å². The summed E-state index contributed by atoms with van der Waals surface area (Å²) in [5.74, 6) is -0.291. The molecule has 0 radical (unpaired) electrons. The Morgan fingerprint density at radius 1 is 1.40 bits per heavy atom. The highest BCUT2D eigenvalue weighted by atomic mass is 16.6. The molecular formula is C16H27N5O4. The van der Waals surface area contributed by atoms with Crippen LogP contribution in [0.3, 0.4) is 0 Å². The van der Waals surface area contributed by atoms with Gasteiger partial charge in [-0.3, -0.25) is 4.79 Å². The van der Waals surface area contributed by atoms with Crippen molar-refractivity contribution in [3.05, 3.63) is 10.4 Å². The van der Waals surface area contributed by atoms with Crippen molar-refractivity contribution in [2.24, 2.45) is 10.1 Å². The van der Waals surface area contributed by atoms with E-state index in [2.05, 4.69) is 34.0 Å². The molecule has 1 fully saturated rings. The van der Waals surface area contributed by atoms with Gasteiger partial charge < -0.3 is 14.8 Å². The Balaban J connectivity index is 2.45. The second kappa shape index (κ2) is 11.4. The molecule has 140 valence electrons. The maximum atomic E-state index is 11.9. The summed E-state index contributed by atoms with van der Waals surface area (Å²) < 4.78 is 11.1. The number of aliphatic imine (C=N–C) groups is 1. The lowest BCUT2D eigenvalue weighted by atomic mass is 10.0. The molecule has 9 heteroatoms. The Labute approximate surface area is 147 Å². The summed E-state index contributed by atoms with van der Waals surface area (Å²) in [6.07, 6.45) is 6.05. The molecule has 9 nitrogen and oxygen atoms in total. The molecule has 0 spiro atoms. The third-order valence-corrected chi connectivity index (χ3v) is 4.09. The minimum absolute atomic E-state index is 0.00625. The fourth-order valence-corrected chi connectivity index (χ4v) is 2.68. The minimum Gasteiger partial charge on any atom is -0.463 e. The van der Waals surface area contributed by atoms with Gasteiger partial charge in [0.25, 0.3) is 0 Å². The van der Waals surface area contributed by atoms with E-state index >= 15 is 0 Å². The fourth-order valence-electron chi connectivity index (χ4n) is 2.68. The van der Waals surface area contributed by atoms with Gasteiger partial charge in [-0.05, 0) is 31.5 Å². The Morgan fingerprint density at radius 2 is 2.16 bits per heavy atom. The van der Waals surface area contributed by atoms with E-state index in [1.54, 1.807) is 0 Å². The molecule has 0 aromatic carbocycles. The predicted molar refractivity (Wildman–Crippen MR) is 93.3 cm³/mol. The molecule has 1 saturated heterocycles. The highest BCUT2D eigenvalue weighted by Gasteiger charge is 2.41. The fraction of sp³-hybridized carbons (Fsp3) is 0.812. The number of ether oxygens (including phenoxy) is 2. The lowest BCUT2D eigenvalue weighted by molar-refractivity contribution is -0.154. The molecule has 2 amide bonds. The number of unbranched alkanes of at least 4 members (excludes halogenated alkanes) is 4. The quantitative estimate of drug-likeness (QED) is 0.152. The minimum atomic E-state index is -0.913. The number of hydrogen-bond donors (Lipinski definition) is 1. The number of azide groups is 1. The number of hydrogen-bond acceptors (Lipinski definition) is 5. The summed E-state index contributed by atoms with van der Waals surface area (Å²) in [4.78, 5) is 29.1. The van der Waals surface area contributed by atoms with E-state index in [0.29, 0.717) is 19.3 Å². The molecule has 1 aliphatic rings. The average Bonchev–Trinajstić information content (AvgIpc) is 3.01. The van der Waals surface area contributed by atoms with Gasteiger partial charge in [0.15, 0.2) is 0 Å². The first-order chi connectivity index (χ1) is 12.0. The van der Waals surface area contributed by atoms with Gasteiger partial charge in [0.05, 0.1) is 6.54 Å². The van der Waals surface area contributed by atoms with E-state index in [9.17, 15) is 9.59 Å². The first-order valence-electron chi connectivity index (χ1n) is 8.67. The summed E-state index contributed by atoms with van der Waals surface area (Å²) in [6, 6.07) is -0.589. The highest BCUT2D eigenvalue weighted by molar-refractivity contribution is 5.78. The van der Waals surface area contributed by atoms with Crippen molar-refractivity contribution in [3.8, 4) is 0 Å². The topological polar surface area (TPSA) is 126 Å². The number of amides is 2. The third kappa shape index (κ3) is 8.00. The van der Waals surface area contributed by atoms with Crippen molar-refractivity contribution in [2.75, 3.05) is 13.2 Å². The molecule has 0 unspecified atom stereocenters. The van der Waals surface area contributed by atoms with Crippen LogP contribution in [-0.2, 0) is 14.3 Å². The van der Waals surface area contributed by atoms with E-state index in [0.717, 1.165) is 25.7 Å². The van der Waals surface area contributed by atoms with Gasteiger partial charge in [0.2, 0.25) is 0 Å². The van der Waals surface area contributed by atoms with Crippen molar-refractivity contribution in [1.29, 1.82) is 0 Å². The number of urea groups is 1. The monoisotopic (exact) mass is 353 g/mol. The summed E-state index contributed by atoms with van der Waals surface area (Å²) in [5, 5.41) is 6.08. The SMILES string of the molecule is C=NC(=O)N[C@H]1CC[C@@](CN=[N+]=[N-])(COC(=O)CCCCCCC)O1. The van der Waals surface area contributed by atoms with Crippen LogP contribution < -0.4 is 5.32 Å². The lowest BCUT2D eigenvalue weighted by Crippen LogP contribution is -2.42. The first-order valence-corrected chi connectivity index (χ1v) is 8.67. The number of carbonyl (C=O) groups excluding carboxylic acids is 2. The molecule has 0 aliphatic carbocycles. The number of esters is 1. The summed E-state index contributed by atoms with van der Waals surface area (Å²) in [7, 11) is 0. The predicted octanol–water partition coefficient (Wildman–Crippen LogP) is 3.49. The maximum absolute atomic E-state index is 11.9. The molecule has 0 saturated carbocycles. The summed E-state index contributed by atoms with van der Waals surface area (Å²) in [5.41, 5.74) is 7.64. The molecular weight excluding hydrogens is 326 g/mol. The zero-order valence-electron chi connectivity index (χ0n) is 14.8. The number of nitrogens with one attached hydrogen (secondary N) is 1. The van der Waals surface area contributed by atoms with Gasteiger partial charge in [-0.2, -0.15) is 0 Å². The van der Waals surface area contributed by atoms with Gasteiger partial charge in [-0.1, -0.05) is 37.7 Å². The van der Waals surface area contributed by atoms with Gasteiger partial charge in [-0.25, -0.2) is 9.79 Å². The van der Waals surface area contributed by atoms with Crippen LogP contribution in [-0.4, -0.2) is 43.7 Å². The Morgan fingerprint density at radius 3 is 2.84 bits per heavy atom. The largest absolute Gasteiger partial charge is 0.463 e. The third-order valence-electron chi connectivity index (χ3n) is 4.09. The first kappa shape index (κ1) is 20.9. The Bertz CT molecular complexity index is 507. The van der Waals surface area contributed by atoms with Crippen molar-refractivity contribution in [1.82, 2.24) is 5.32 Å². The van der Waals surface area contributed by atoms with Crippen molar-refractivity contribution in [3.63, 3.8) is 0 Å². The number of carbonyl (C=O) groups is 2. The van der Waals surface area contributed by atoms with E-state index < -0.39 is 17.9 Å². The van der Waals surface area contributed by atoms with Crippen LogP contribution in [0.4, 0.5) is 4.79 Å². The molecule has 1 heterocycles. The van der Waals surface area contributed by atoms with E-state index in [1.807, 2.05) is 0 Å². The van der Waals surface area contributed by atoms with Crippen LogP contribution in [0.1, 0.15) is 58.3 Å². The molecule has 0 bridgehead atoms.